The number of nitrogens with two attached hydrogens (primary N) is 1. The lowest BCUT2D eigenvalue weighted by molar-refractivity contribution is 0.146. The lowest BCUT2D eigenvalue weighted by Gasteiger charge is -2.08. The van der Waals surface area contributed by atoms with Crippen molar-refractivity contribution in [3.63, 3.8) is 0 Å². The standard InChI is InChI=1S/C10H15N3O2/c1-6(11)9-12-8-3-5-15-4-2-7(8)10(14)13-9/h6H,2-5,11H2,1H3,(H,12,13,14). The highest BCUT2D eigenvalue weighted by Gasteiger charge is 2.15. The van der Waals surface area contributed by atoms with E-state index in [9.17, 15) is 4.79 Å². The molecular formula is C10H15N3O2. The molecule has 2 heterocycles. The molecule has 5 heteroatoms. The molecule has 2 rings (SSSR count). The Morgan fingerprint density at radius 2 is 2.20 bits per heavy atom. The average molecular weight is 209 g/mol. The lowest BCUT2D eigenvalue weighted by atomic mass is 10.1. The van der Waals surface area contributed by atoms with E-state index < -0.39 is 0 Å². The quantitative estimate of drug-likeness (QED) is 0.677. The highest BCUT2D eigenvalue weighted by molar-refractivity contribution is 5.20. The third-order valence-corrected chi connectivity index (χ3v) is 2.53. The molecule has 0 amide bonds. The summed E-state index contributed by atoms with van der Waals surface area (Å²) in [6.45, 7) is 3.02. The number of nitrogens with zero attached hydrogens (tertiary/aromatic N) is 1. The van der Waals surface area contributed by atoms with Crippen LogP contribution in [0.3, 0.4) is 0 Å². The Hall–Kier alpha value is -1.20. The summed E-state index contributed by atoms with van der Waals surface area (Å²) in [6.07, 6.45) is 1.33. The summed E-state index contributed by atoms with van der Waals surface area (Å²) in [7, 11) is 0. The van der Waals surface area contributed by atoms with Crippen LogP contribution in [0, 0.1) is 0 Å². The Balaban J connectivity index is 2.49. The molecule has 0 fully saturated rings. The minimum atomic E-state index is -0.243. The Morgan fingerprint density at radius 1 is 1.47 bits per heavy atom. The molecule has 1 atom stereocenters. The van der Waals surface area contributed by atoms with Crippen molar-refractivity contribution < 1.29 is 4.74 Å². The topological polar surface area (TPSA) is 81.0 Å². The average Bonchev–Trinajstić information content (AvgIpc) is 2.42. The Bertz CT molecular complexity index is 412. The number of hydrogen-bond acceptors (Lipinski definition) is 4. The third kappa shape index (κ3) is 2.08. The summed E-state index contributed by atoms with van der Waals surface area (Å²) in [5.41, 5.74) is 7.20. The van der Waals surface area contributed by atoms with E-state index in [2.05, 4.69) is 9.97 Å². The first-order chi connectivity index (χ1) is 7.18. The van der Waals surface area contributed by atoms with Gasteiger partial charge in [0, 0.05) is 18.4 Å². The summed E-state index contributed by atoms with van der Waals surface area (Å²) in [4.78, 5) is 18.8. The van der Waals surface area contributed by atoms with Crippen molar-refractivity contribution in [2.24, 2.45) is 5.73 Å². The molecule has 0 saturated carbocycles. The normalized spacial score (nSPS) is 18.0. The van der Waals surface area contributed by atoms with Crippen LogP contribution in [0.2, 0.25) is 0 Å². The van der Waals surface area contributed by atoms with Crippen molar-refractivity contribution in [2.45, 2.75) is 25.8 Å². The fourth-order valence-electron chi connectivity index (χ4n) is 1.69. The zero-order valence-electron chi connectivity index (χ0n) is 8.75. The van der Waals surface area contributed by atoms with Gasteiger partial charge in [-0.3, -0.25) is 4.79 Å². The molecule has 5 nitrogen and oxygen atoms in total. The van der Waals surface area contributed by atoms with Crippen LogP contribution in [0.5, 0.6) is 0 Å². The Morgan fingerprint density at radius 3 is 2.93 bits per heavy atom. The Kier molecular flexibility index (Phi) is 2.83. The van der Waals surface area contributed by atoms with E-state index in [4.69, 9.17) is 10.5 Å². The van der Waals surface area contributed by atoms with Gasteiger partial charge < -0.3 is 15.5 Å². The van der Waals surface area contributed by atoms with E-state index in [0.29, 0.717) is 31.9 Å². The van der Waals surface area contributed by atoms with Crippen molar-refractivity contribution in [3.8, 4) is 0 Å². The molecule has 1 unspecified atom stereocenters. The number of fused-ring (bicyclic) bond motifs is 1. The van der Waals surface area contributed by atoms with Gasteiger partial charge in [-0.25, -0.2) is 4.98 Å². The fourth-order valence-corrected chi connectivity index (χ4v) is 1.69. The molecule has 0 bridgehead atoms. The molecule has 15 heavy (non-hydrogen) atoms. The second kappa shape index (κ2) is 4.12. The van der Waals surface area contributed by atoms with Crippen molar-refractivity contribution in [1.29, 1.82) is 0 Å². The fraction of sp³-hybridized carbons (Fsp3) is 0.600. The molecule has 1 aliphatic rings. The number of H-pyrrole nitrogens is 1. The van der Waals surface area contributed by atoms with Crippen molar-refractivity contribution in [1.82, 2.24) is 9.97 Å². The van der Waals surface area contributed by atoms with Crippen LogP contribution >= 0.6 is 0 Å². The minimum absolute atomic E-state index is 0.0715. The van der Waals surface area contributed by atoms with E-state index in [0.717, 1.165) is 11.3 Å². The minimum Gasteiger partial charge on any atom is -0.381 e. The van der Waals surface area contributed by atoms with Gasteiger partial charge in [-0.05, 0) is 6.92 Å². The molecule has 0 radical (unpaired) electrons. The van der Waals surface area contributed by atoms with Gasteiger partial charge in [0.15, 0.2) is 0 Å². The number of nitrogens with one attached hydrogen (secondary N) is 1. The van der Waals surface area contributed by atoms with Crippen LogP contribution in [0.15, 0.2) is 4.79 Å². The molecule has 0 aromatic carbocycles. The van der Waals surface area contributed by atoms with Crippen molar-refractivity contribution in [3.05, 3.63) is 27.4 Å². The van der Waals surface area contributed by atoms with E-state index >= 15 is 0 Å². The first kappa shape index (κ1) is 10.3. The monoisotopic (exact) mass is 209 g/mol. The first-order valence-corrected chi connectivity index (χ1v) is 5.14. The summed E-state index contributed by atoms with van der Waals surface area (Å²) in [6, 6.07) is -0.243. The van der Waals surface area contributed by atoms with Gasteiger partial charge in [0.25, 0.3) is 5.56 Å². The van der Waals surface area contributed by atoms with E-state index in [1.165, 1.54) is 0 Å². The van der Waals surface area contributed by atoms with Crippen LogP contribution in [0.25, 0.3) is 0 Å². The largest absolute Gasteiger partial charge is 0.381 e. The SMILES string of the molecule is CC(N)c1nc2c(c(=O)[nH]1)CCOCC2. The molecule has 0 saturated heterocycles. The summed E-state index contributed by atoms with van der Waals surface area (Å²) in [5, 5.41) is 0. The van der Waals surface area contributed by atoms with Crippen LogP contribution in [-0.4, -0.2) is 23.2 Å². The summed E-state index contributed by atoms with van der Waals surface area (Å²) < 4.78 is 5.31. The second-order valence-electron chi connectivity index (χ2n) is 3.78. The number of rotatable bonds is 1. The third-order valence-electron chi connectivity index (χ3n) is 2.53. The van der Waals surface area contributed by atoms with E-state index in [1.54, 1.807) is 6.92 Å². The van der Waals surface area contributed by atoms with E-state index in [-0.39, 0.29) is 11.6 Å². The van der Waals surface area contributed by atoms with Gasteiger partial charge in [0.2, 0.25) is 0 Å². The maximum atomic E-state index is 11.7. The zero-order chi connectivity index (χ0) is 10.8. The van der Waals surface area contributed by atoms with Gasteiger partial charge in [-0.15, -0.1) is 0 Å². The molecule has 82 valence electrons. The maximum absolute atomic E-state index is 11.7. The van der Waals surface area contributed by atoms with Crippen LogP contribution in [0.4, 0.5) is 0 Å². The first-order valence-electron chi connectivity index (χ1n) is 5.14. The predicted molar refractivity (Wildman–Crippen MR) is 55.7 cm³/mol. The molecule has 1 aromatic rings. The van der Waals surface area contributed by atoms with Crippen molar-refractivity contribution in [2.75, 3.05) is 13.2 Å². The van der Waals surface area contributed by atoms with Crippen molar-refractivity contribution >= 4 is 0 Å². The number of aromatic nitrogens is 2. The van der Waals surface area contributed by atoms with Gasteiger partial charge in [0.1, 0.15) is 5.82 Å². The van der Waals surface area contributed by atoms with Crippen LogP contribution in [-0.2, 0) is 17.6 Å². The van der Waals surface area contributed by atoms with Gasteiger partial charge in [0.05, 0.1) is 24.9 Å². The molecule has 1 aromatic heterocycles. The molecule has 1 aliphatic heterocycles. The number of aromatic amines is 1. The summed E-state index contributed by atoms with van der Waals surface area (Å²) in [5.74, 6) is 0.556. The highest BCUT2D eigenvalue weighted by atomic mass is 16.5. The van der Waals surface area contributed by atoms with Crippen LogP contribution in [0.1, 0.15) is 30.0 Å². The molecule has 0 aliphatic carbocycles. The Labute approximate surface area is 87.7 Å². The zero-order valence-corrected chi connectivity index (χ0v) is 8.75. The van der Waals surface area contributed by atoms with Gasteiger partial charge >= 0.3 is 0 Å². The van der Waals surface area contributed by atoms with Crippen LogP contribution < -0.4 is 11.3 Å². The molecule has 0 spiro atoms. The number of ether oxygens (including phenoxy) is 1. The highest BCUT2D eigenvalue weighted by Crippen LogP contribution is 2.10. The smallest absolute Gasteiger partial charge is 0.254 e. The lowest BCUT2D eigenvalue weighted by Crippen LogP contribution is -2.23. The molecular weight excluding hydrogens is 194 g/mol. The molecule has 3 N–H and O–H groups in total. The van der Waals surface area contributed by atoms with E-state index in [1.807, 2.05) is 0 Å². The second-order valence-corrected chi connectivity index (χ2v) is 3.78. The summed E-state index contributed by atoms with van der Waals surface area (Å²) >= 11 is 0. The maximum Gasteiger partial charge on any atom is 0.254 e. The van der Waals surface area contributed by atoms with Gasteiger partial charge in [-0.2, -0.15) is 0 Å². The predicted octanol–water partition coefficient (Wildman–Crippen LogP) is -0.0952. The van der Waals surface area contributed by atoms with Gasteiger partial charge in [-0.1, -0.05) is 0 Å². The number of hydrogen-bond donors (Lipinski definition) is 2.